The van der Waals surface area contributed by atoms with Gasteiger partial charge >= 0.3 is 5.97 Å². The molecule has 138 valence electrons. The number of hydrogen-bond acceptors (Lipinski definition) is 4. The van der Waals surface area contributed by atoms with Crippen LogP contribution in [0.25, 0.3) is 0 Å². The first-order valence-corrected chi connectivity index (χ1v) is 7.93. The molecule has 2 aromatic carbocycles. The van der Waals surface area contributed by atoms with Gasteiger partial charge in [0.2, 0.25) is 0 Å². The second-order valence-electron chi connectivity index (χ2n) is 5.70. The third-order valence-electron chi connectivity index (χ3n) is 3.79. The molecule has 0 aromatic heterocycles. The number of carbonyl (C=O) groups excluding carboxylic acids is 2. The van der Waals surface area contributed by atoms with Gasteiger partial charge in [-0.1, -0.05) is 18.2 Å². The molecule has 26 heavy (non-hydrogen) atoms. The maximum atomic E-state index is 13.5. The van der Waals surface area contributed by atoms with Crippen molar-refractivity contribution in [1.82, 2.24) is 0 Å². The normalized spacial score (nSPS) is 11.6. The van der Waals surface area contributed by atoms with E-state index in [0.717, 1.165) is 23.3 Å². The predicted octanol–water partition coefficient (Wildman–Crippen LogP) is 3.53. The van der Waals surface area contributed by atoms with Crippen molar-refractivity contribution in [1.29, 1.82) is 0 Å². The van der Waals surface area contributed by atoms with E-state index in [1.165, 1.54) is 13.0 Å². The van der Waals surface area contributed by atoms with Crippen LogP contribution in [-0.2, 0) is 14.3 Å². The van der Waals surface area contributed by atoms with Crippen LogP contribution in [0.2, 0.25) is 0 Å². The molecule has 0 spiro atoms. The van der Waals surface area contributed by atoms with Crippen molar-refractivity contribution in [2.75, 3.05) is 11.9 Å². The van der Waals surface area contributed by atoms with E-state index in [4.69, 9.17) is 9.47 Å². The summed E-state index contributed by atoms with van der Waals surface area (Å²) < 4.78 is 37.4. The van der Waals surface area contributed by atoms with Crippen LogP contribution in [0.15, 0.2) is 36.4 Å². The highest BCUT2D eigenvalue weighted by atomic mass is 19.1. The lowest BCUT2D eigenvalue weighted by Crippen LogP contribution is -2.32. The second kappa shape index (κ2) is 8.42. The van der Waals surface area contributed by atoms with Gasteiger partial charge in [-0.3, -0.25) is 4.79 Å². The van der Waals surface area contributed by atoms with Crippen LogP contribution in [-0.4, -0.2) is 24.6 Å². The van der Waals surface area contributed by atoms with Gasteiger partial charge < -0.3 is 14.8 Å². The second-order valence-corrected chi connectivity index (χ2v) is 5.70. The summed E-state index contributed by atoms with van der Waals surface area (Å²) in [6, 6.07) is 8.61. The van der Waals surface area contributed by atoms with Gasteiger partial charge in [0.15, 0.2) is 12.7 Å². The number of nitrogens with one attached hydrogen (secondary N) is 1. The zero-order valence-corrected chi connectivity index (χ0v) is 14.6. The average molecular weight is 363 g/mol. The number of rotatable bonds is 6. The van der Waals surface area contributed by atoms with E-state index < -0.39 is 41.9 Å². The van der Waals surface area contributed by atoms with Crippen molar-refractivity contribution in [3.05, 3.63) is 59.2 Å². The van der Waals surface area contributed by atoms with Crippen LogP contribution in [0.3, 0.4) is 0 Å². The molecule has 5 nitrogen and oxygen atoms in total. The summed E-state index contributed by atoms with van der Waals surface area (Å²) in [6.07, 6.45) is -1.25. The molecular weight excluding hydrogens is 344 g/mol. The van der Waals surface area contributed by atoms with Crippen molar-refractivity contribution in [3.8, 4) is 5.75 Å². The summed E-state index contributed by atoms with van der Waals surface area (Å²) in [5, 5.41) is 2.07. The maximum Gasteiger partial charge on any atom is 0.344 e. The monoisotopic (exact) mass is 363 g/mol. The number of para-hydroxylation sites is 1. The van der Waals surface area contributed by atoms with E-state index >= 15 is 0 Å². The Morgan fingerprint density at radius 3 is 2.35 bits per heavy atom. The zero-order chi connectivity index (χ0) is 19.3. The number of ether oxygens (including phenoxy) is 2. The third kappa shape index (κ3) is 4.78. The summed E-state index contributed by atoms with van der Waals surface area (Å²) >= 11 is 0. The minimum absolute atomic E-state index is 0.393. The molecule has 1 N–H and O–H groups in total. The molecule has 2 aromatic rings. The van der Waals surface area contributed by atoms with E-state index in [1.54, 1.807) is 12.1 Å². The Hall–Kier alpha value is -2.96. The standard InChI is InChI=1S/C19H19F2NO4/c1-11-6-4-9-16(12(11)2)25-10-17(23)26-13(3)19(24)22-18-14(20)7-5-8-15(18)21/h4-9,13H,10H2,1-3H3,(H,22,24)/t13-/m0/s1. The van der Waals surface area contributed by atoms with Crippen LogP contribution < -0.4 is 10.1 Å². The molecule has 0 saturated carbocycles. The molecule has 2 rings (SSSR count). The van der Waals surface area contributed by atoms with Gasteiger partial charge in [-0.15, -0.1) is 0 Å². The maximum absolute atomic E-state index is 13.5. The largest absolute Gasteiger partial charge is 0.482 e. The molecule has 0 saturated heterocycles. The minimum atomic E-state index is -1.25. The first kappa shape index (κ1) is 19.4. The molecule has 0 aliphatic carbocycles. The summed E-state index contributed by atoms with van der Waals surface area (Å²) in [4.78, 5) is 23.8. The van der Waals surface area contributed by atoms with Crippen LogP contribution >= 0.6 is 0 Å². The van der Waals surface area contributed by atoms with Gasteiger partial charge in [0, 0.05) is 0 Å². The van der Waals surface area contributed by atoms with Crippen LogP contribution in [0, 0.1) is 25.5 Å². The Labute approximate surface area is 149 Å². The highest BCUT2D eigenvalue weighted by Gasteiger charge is 2.21. The number of carbonyl (C=O) groups is 2. The molecular formula is C19H19F2NO4. The molecule has 0 aliphatic rings. The lowest BCUT2D eigenvalue weighted by molar-refractivity contribution is -0.155. The molecule has 0 unspecified atom stereocenters. The average Bonchev–Trinajstić information content (AvgIpc) is 2.59. The molecule has 0 fully saturated rings. The minimum Gasteiger partial charge on any atom is -0.482 e. The molecule has 0 aliphatic heterocycles. The molecule has 7 heteroatoms. The number of aryl methyl sites for hydroxylation is 1. The Morgan fingerprint density at radius 2 is 1.69 bits per heavy atom. The fraction of sp³-hybridized carbons (Fsp3) is 0.263. The Morgan fingerprint density at radius 1 is 1.08 bits per heavy atom. The highest BCUT2D eigenvalue weighted by molar-refractivity contribution is 5.95. The van der Waals surface area contributed by atoms with E-state index in [-0.39, 0.29) is 0 Å². The lowest BCUT2D eigenvalue weighted by atomic mass is 10.1. The fourth-order valence-electron chi connectivity index (χ4n) is 2.14. The number of halogens is 2. The number of hydrogen-bond donors (Lipinski definition) is 1. The van der Waals surface area contributed by atoms with Gasteiger partial charge in [0.05, 0.1) is 0 Å². The first-order chi connectivity index (χ1) is 12.3. The zero-order valence-electron chi connectivity index (χ0n) is 14.6. The van der Waals surface area contributed by atoms with Gasteiger partial charge in [-0.25, -0.2) is 13.6 Å². The fourth-order valence-corrected chi connectivity index (χ4v) is 2.14. The van der Waals surface area contributed by atoms with Gasteiger partial charge in [0.1, 0.15) is 23.1 Å². The van der Waals surface area contributed by atoms with Crippen molar-refractivity contribution in [2.45, 2.75) is 26.9 Å². The topological polar surface area (TPSA) is 64.6 Å². The molecule has 0 bridgehead atoms. The van der Waals surface area contributed by atoms with Crippen LogP contribution in [0.5, 0.6) is 5.75 Å². The molecule has 0 radical (unpaired) electrons. The van der Waals surface area contributed by atoms with E-state index in [0.29, 0.717) is 5.75 Å². The summed E-state index contributed by atoms with van der Waals surface area (Å²) in [5.74, 6) is -2.94. The lowest BCUT2D eigenvalue weighted by Gasteiger charge is -2.15. The van der Waals surface area contributed by atoms with Crippen LogP contribution in [0.4, 0.5) is 14.5 Å². The molecule has 1 amide bonds. The first-order valence-electron chi connectivity index (χ1n) is 7.93. The Balaban J connectivity index is 1.90. The highest BCUT2D eigenvalue weighted by Crippen LogP contribution is 2.21. The summed E-state index contributed by atoms with van der Waals surface area (Å²) in [6.45, 7) is 4.67. The van der Waals surface area contributed by atoms with E-state index in [1.807, 2.05) is 19.9 Å². The van der Waals surface area contributed by atoms with Gasteiger partial charge in [-0.2, -0.15) is 0 Å². The van der Waals surface area contributed by atoms with E-state index in [9.17, 15) is 18.4 Å². The van der Waals surface area contributed by atoms with Crippen molar-refractivity contribution >= 4 is 17.6 Å². The van der Waals surface area contributed by atoms with Gasteiger partial charge in [-0.05, 0) is 50.1 Å². The molecule has 1 atom stereocenters. The Bertz CT molecular complexity index is 803. The molecule has 0 heterocycles. The van der Waals surface area contributed by atoms with Gasteiger partial charge in [0.25, 0.3) is 5.91 Å². The Kier molecular flexibility index (Phi) is 6.27. The SMILES string of the molecule is Cc1cccc(OCC(=O)O[C@@H](C)C(=O)Nc2c(F)cccc2F)c1C. The smallest absolute Gasteiger partial charge is 0.344 e. The number of amides is 1. The number of benzene rings is 2. The van der Waals surface area contributed by atoms with Crippen molar-refractivity contribution in [2.24, 2.45) is 0 Å². The van der Waals surface area contributed by atoms with E-state index in [2.05, 4.69) is 5.32 Å². The quantitative estimate of drug-likeness (QED) is 0.798. The van der Waals surface area contributed by atoms with Crippen LogP contribution in [0.1, 0.15) is 18.1 Å². The predicted molar refractivity (Wildman–Crippen MR) is 92.0 cm³/mol. The van der Waals surface area contributed by atoms with Crippen molar-refractivity contribution < 1.29 is 27.8 Å². The summed E-state index contributed by atoms with van der Waals surface area (Å²) in [5.41, 5.74) is 1.31. The number of esters is 1. The summed E-state index contributed by atoms with van der Waals surface area (Å²) in [7, 11) is 0. The van der Waals surface area contributed by atoms with Crippen molar-refractivity contribution in [3.63, 3.8) is 0 Å². The third-order valence-corrected chi connectivity index (χ3v) is 3.79. The number of anilines is 1.